The molecule has 4 rings (SSSR count). The standard InChI is InChI=1S/C20H25N3O2S/c24-26(25)15-19-20(16-26)23(14-18-8-4-5-10-21-18)13-12-22(19)11-9-17-6-2-1-3-7-17/h1-8,10,19-20H,9,11-16H2/t19-,20+/m1/s1. The van der Waals surface area contributed by atoms with Crippen LogP contribution in [-0.4, -0.2) is 66.4 Å². The van der Waals surface area contributed by atoms with Gasteiger partial charge in [0.2, 0.25) is 0 Å². The van der Waals surface area contributed by atoms with Crippen molar-refractivity contribution in [3.05, 3.63) is 66.0 Å². The molecule has 0 spiro atoms. The minimum Gasteiger partial charge on any atom is -0.296 e. The van der Waals surface area contributed by atoms with Crippen LogP contribution in [0.2, 0.25) is 0 Å². The van der Waals surface area contributed by atoms with E-state index >= 15 is 0 Å². The Hall–Kier alpha value is -1.76. The Morgan fingerprint density at radius 3 is 2.35 bits per heavy atom. The summed E-state index contributed by atoms with van der Waals surface area (Å²) in [6.45, 7) is 3.45. The third-order valence-corrected chi connectivity index (χ3v) is 7.23. The van der Waals surface area contributed by atoms with Crippen molar-refractivity contribution in [2.75, 3.05) is 31.1 Å². The first-order valence-corrected chi connectivity index (χ1v) is 11.1. The fourth-order valence-corrected chi connectivity index (χ4v) is 6.23. The first-order valence-electron chi connectivity index (χ1n) is 9.23. The topological polar surface area (TPSA) is 53.5 Å². The molecule has 1 aromatic heterocycles. The Morgan fingerprint density at radius 1 is 0.923 bits per heavy atom. The predicted octanol–water partition coefficient (Wildman–Crippen LogP) is 1.61. The van der Waals surface area contributed by atoms with Gasteiger partial charge in [-0.25, -0.2) is 8.42 Å². The van der Waals surface area contributed by atoms with Crippen LogP contribution in [0, 0.1) is 0 Å². The summed E-state index contributed by atoms with van der Waals surface area (Å²) >= 11 is 0. The van der Waals surface area contributed by atoms with Crippen LogP contribution in [0.5, 0.6) is 0 Å². The molecule has 2 atom stereocenters. The van der Waals surface area contributed by atoms with Gasteiger partial charge in [-0.1, -0.05) is 36.4 Å². The second kappa shape index (κ2) is 7.47. The number of hydrogen-bond donors (Lipinski definition) is 0. The molecule has 0 bridgehead atoms. The minimum atomic E-state index is -2.97. The number of piperazine rings is 1. The Kier molecular flexibility index (Phi) is 5.07. The smallest absolute Gasteiger partial charge is 0.153 e. The number of rotatable bonds is 5. The molecule has 3 heterocycles. The molecule has 5 nitrogen and oxygen atoms in total. The molecule has 0 aliphatic carbocycles. The Labute approximate surface area is 155 Å². The Balaban J connectivity index is 1.47. The van der Waals surface area contributed by atoms with Crippen molar-refractivity contribution in [3.63, 3.8) is 0 Å². The fourth-order valence-electron chi connectivity index (χ4n) is 4.19. The van der Waals surface area contributed by atoms with Crippen LogP contribution in [0.1, 0.15) is 11.3 Å². The van der Waals surface area contributed by atoms with Gasteiger partial charge in [0.15, 0.2) is 9.84 Å². The van der Waals surface area contributed by atoms with Crippen molar-refractivity contribution in [2.45, 2.75) is 25.0 Å². The van der Waals surface area contributed by atoms with Gasteiger partial charge in [0.1, 0.15) is 0 Å². The van der Waals surface area contributed by atoms with Gasteiger partial charge in [-0.3, -0.25) is 14.8 Å². The molecule has 0 unspecified atom stereocenters. The quantitative estimate of drug-likeness (QED) is 0.799. The highest BCUT2D eigenvalue weighted by molar-refractivity contribution is 7.91. The lowest BCUT2D eigenvalue weighted by Crippen LogP contribution is -2.59. The summed E-state index contributed by atoms with van der Waals surface area (Å²) in [4.78, 5) is 9.12. The highest BCUT2D eigenvalue weighted by Gasteiger charge is 2.46. The SMILES string of the molecule is O=S1(=O)C[C@@H]2[C@H](C1)N(Cc1ccccn1)CCN2CCc1ccccc1. The van der Waals surface area contributed by atoms with Crippen molar-refractivity contribution in [2.24, 2.45) is 0 Å². The molecule has 2 saturated heterocycles. The molecular formula is C20H25N3O2S. The molecule has 0 amide bonds. The van der Waals surface area contributed by atoms with Gasteiger partial charge >= 0.3 is 0 Å². The monoisotopic (exact) mass is 371 g/mol. The summed E-state index contributed by atoms with van der Waals surface area (Å²) in [6.07, 6.45) is 2.76. The highest BCUT2D eigenvalue weighted by atomic mass is 32.2. The summed E-state index contributed by atoms with van der Waals surface area (Å²) in [6, 6.07) is 16.5. The number of nitrogens with zero attached hydrogens (tertiary/aromatic N) is 3. The summed E-state index contributed by atoms with van der Waals surface area (Å²) < 4.78 is 24.7. The third-order valence-electron chi connectivity index (χ3n) is 5.53. The second-order valence-electron chi connectivity index (χ2n) is 7.27. The van der Waals surface area contributed by atoms with E-state index in [1.54, 1.807) is 6.20 Å². The van der Waals surface area contributed by atoms with Gasteiger partial charge in [-0.05, 0) is 24.1 Å². The van der Waals surface area contributed by atoms with Crippen molar-refractivity contribution in [3.8, 4) is 0 Å². The average molecular weight is 372 g/mol. The lowest BCUT2D eigenvalue weighted by Gasteiger charge is -2.43. The zero-order valence-corrected chi connectivity index (χ0v) is 15.7. The number of aromatic nitrogens is 1. The molecule has 0 N–H and O–H groups in total. The van der Waals surface area contributed by atoms with Crippen LogP contribution in [0.25, 0.3) is 0 Å². The first kappa shape index (κ1) is 17.6. The number of sulfone groups is 1. The van der Waals surface area contributed by atoms with E-state index in [0.717, 1.165) is 38.3 Å². The number of fused-ring (bicyclic) bond motifs is 1. The number of benzene rings is 1. The maximum atomic E-state index is 12.3. The van der Waals surface area contributed by atoms with Crippen LogP contribution in [-0.2, 0) is 22.8 Å². The average Bonchev–Trinajstić information content (AvgIpc) is 2.98. The summed E-state index contributed by atoms with van der Waals surface area (Å²) in [5.74, 6) is 0.553. The van der Waals surface area contributed by atoms with Gasteiger partial charge in [0.05, 0.1) is 17.2 Å². The highest BCUT2D eigenvalue weighted by Crippen LogP contribution is 2.28. The van der Waals surface area contributed by atoms with Gasteiger partial charge in [-0.15, -0.1) is 0 Å². The van der Waals surface area contributed by atoms with E-state index < -0.39 is 9.84 Å². The van der Waals surface area contributed by atoms with E-state index in [1.165, 1.54) is 5.56 Å². The predicted molar refractivity (Wildman–Crippen MR) is 103 cm³/mol. The van der Waals surface area contributed by atoms with Gasteiger partial charge in [-0.2, -0.15) is 0 Å². The zero-order valence-electron chi connectivity index (χ0n) is 14.9. The third kappa shape index (κ3) is 3.98. The lowest BCUT2D eigenvalue weighted by molar-refractivity contribution is 0.0404. The van der Waals surface area contributed by atoms with Gasteiger partial charge in [0.25, 0.3) is 0 Å². The minimum absolute atomic E-state index is 0.0755. The van der Waals surface area contributed by atoms with Crippen LogP contribution in [0.15, 0.2) is 54.7 Å². The van der Waals surface area contributed by atoms with Crippen LogP contribution in [0.4, 0.5) is 0 Å². The Bertz CT molecular complexity index is 827. The molecule has 0 radical (unpaired) electrons. The molecule has 0 saturated carbocycles. The van der Waals surface area contributed by atoms with Crippen LogP contribution >= 0.6 is 0 Å². The number of hydrogen-bond acceptors (Lipinski definition) is 5. The van der Waals surface area contributed by atoms with Crippen molar-refractivity contribution >= 4 is 9.84 Å². The summed E-state index contributed by atoms with van der Waals surface area (Å²) in [7, 11) is -2.97. The van der Waals surface area contributed by atoms with Crippen molar-refractivity contribution in [1.82, 2.24) is 14.8 Å². The second-order valence-corrected chi connectivity index (χ2v) is 9.43. The van der Waals surface area contributed by atoms with Gasteiger partial charge < -0.3 is 0 Å². The molecule has 1 aromatic carbocycles. The normalized spacial score (nSPS) is 25.8. The van der Waals surface area contributed by atoms with E-state index in [2.05, 4.69) is 39.0 Å². The maximum absolute atomic E-state index is 12.3. The largest absolute Gasteiger partial charge is 0.296 e. The molecular weight excluding hydrogens is 346 g/mol. The molecule has 2 fully saturated rings. The Morgan fingerprint density at radius 2 is 1.62 bits per heavy atom. The van der Waals surface area contributed by atoms with E-state index in [4.69, 9.17) is 0 Å². The zero-order chi connectivity index (χ0) is 18.0. The van der Waals surface area contributed by atoms with Crippen molar-refractivity contribution in [1.29, 1.82) is 0 Å². The summed E-state index contributed by atoms with van der Waals surface area (Å²) in [5.41, 5.74) is 2.31. The summed E-state index contributed by atoms with van der Waals surface area (Å²) in [5, 5.41) is 0. The van der Waals surface area contributed by atoms with E-state index in [1.807, 2.05) is 24.3 Å². The van der Waals surface area contributed by atoms with Crippen molar-refractivity contribution < 1.29 is 8.42 Å². The maximum Gasteiger partial charge on any atom is 0.153 e. The van der Waals surface area contributed by atoms with E-state index in [9.17, 15) is 8.42 Å². The first-order chi connectivity index (χ1) is 12.6. The van der Waals surface area contributed by atoms with E-state index in [-0.39, 0.29) is 23.6 Å². The molecule has 2 aliphatic heterocycles. The van der Waals surface area contributed by atoms with Crippen LogP contribution < -0.4 is 0 Å². The fraction of sp³-hybridized carbons (Fsp3) is 0.450. The molecule has 2 aliphatic rings. The number of pyridine rings is 1. The molecule has 2 aromatic rings. The molecule has 6 heteroatoms. The lowest BCUT2D eigenvalue weighted by atomic mass is 10.0. The molecule has 138 valence electrons. The van der Waals surface area contributed by atoms with Crippen LogP contribution in [0.3, 0.4) is 0 Å². The van der Waals surface area contributed by atoms with E-state index in [0.29, 0.717) is 0 Å². The van der Waals surface area contributed by atoms with Gasteiger partial charge in [0, 0.05) is 44.5 Å². The molecule has 26 heavy (non-hydrogen) atoms.